The van der Waals surface area contributed by atoms with Crippen LogP contribution in [-0.4, -0.2) is 41.1 Å². The third-order valence-electron chi connectivity index (χ3n) is 4.12. The first-order valence-corrected chi connectivity index (χ1v) is 7.88. The van der Waals surface area contributed by atoms with Crippen LogP contribution >= 0.6 is 0 Å². The first-order valence-electron chi connectivity index (χ1n) is 7.88. The van der Waals surface area contributed by atoms with Crippen LogP contribution in [0.4, 0.5) is 4.79 Å². The number of carboxylic acid groups (broad SMARTS) is 1. The molecule has 0 heterocycles. The zero-order chi connectivity index (χ0) is 15.0. The summed E-state index contributed by atoms with van der Waals surface area (Å²) in [6.07, 6.45) is 7.08. The standard InChI is InChI=1S/C15H28N2O3/c1-3-5-11-17(4-2)15(20)16-13(14(18)19)12-9-7-6-8-10-12/h12-13H,3-11H2,1-2H3,(H,16,20)(H,18,19). The fourth-order valence-electron chi connectivity index (χ4n) is 2.83. The van der Waals surface area contributed by atoms with Crippen LogP contribution in [0.3, 0.4) is 0 Å². The van der Waals surface area contributed by atoms with Crippen LogP contribution in [-0.2, 0) is 4.79 Å². The molecule has 1 fully saturated rings. The molecule has 0 radical (unpaired) electrons. The molecule has 0 aromatic heterocycles. The predicted octanol–water partition coefficient (Wildman–Crippen LogP) is 2.85. The average Bonchev–Trinajstić information content (AvgIpc) is 2.46. The van der Waals surface area contributed by atoms with E-state index >= 15 is 0 Å². The van der Waals surface area contributed by atoms with E-state index in [9.17, 15) is 14.7 Å². The van der Waals surface area contributed by atoms with Crippen LogP contribution in [0.5, 0.6) is 0 Å². The van der Waals surface area contributed by atoms with Crippen LogP contribution in [0.15, 0.2) is 0 Å². The number of hydrogen-bond acceptors (Lipinski definition) is 2. The molecule has 1 saturated carbocycles. The van der Waals surface area contributed by atoms with E-state index in [0.29, 0.717) is 13.1 Å². The van der Waals surface area contributed by atoms with E-state index in [2.05, 4.69) is 12.2 Å². The molecule has 2 amide bonds. The summed E-state index contributed by atoms with van der Waals surface area (Å²) >= 11 is 0. The number of carbonyl (C=O) groups excluding carboxylic acids is 1. The quantitative estimate of drug-likeness (QED) is 0.755. The minimum atomic E-state index is -0.906. The van der Waals surface area contributed by atoms with E-state index in [1.54, 1.807) is 4.90 Å². The number of nitrogens with zero attached hydrogens (tertiary/aromatic N) is 1. The van der Waals surface area contributed by atoms with Gasteiger partial charge < -0.3 is 15.3 Å². The Morgan fingerprint density at radius 1 is 1.25 bits per heavy atom. The van der Waals surface area contributed by atoms with Crippen molar-refractivity contribution >= 4 is 12.0 Å². The monoisotopic (exact) mass is 284 g/mol. The van der Waals surface area contributed by atoms with Gasteiger partial charge >= 0.3 is 12.0 Å². The fourth-order valence-corrected chi connectivity index (χ4v) is 2.83. The molecule has 1 atom stereocenters. The molecule has 1 aliphatic carbocycles. The zero-order valence-corrected chi connectivity index (χ0v) is 12.7. The van der Waals surface area contributed by atoms with Crippen LogP contribution in [0.25, 0.3) is 0 Å². The molecular weight excluding hydrogens is 256 g/mol. The van der Waals surface area contributed by atoms with Crippen LogP contribution in [0.2, 0.25) is 0 Å². The normalized spacial score (nSPS) is 17.5. The smallest absolute Gasteiger partial charge is 0.326 e. The molecule has 0 bridgehead atoms. The third kappa shape index (κ3) is 5.02. The summed E-state index contributed by atoms with van der Waals surface area (Å²) in [7, 11) is 0. The van der Waals surface area contributed by atoms with Gasteiger partial charge in [0.2, 0.25) is 0 Å². The second-order valence-corrected chi connectivity index (χ2v) is 5.60. The summed E-state index contributed by atoms with van der Waals surface area (Å²) < 4.78 is 0. The number of rotatable bonds is 7. The second-order valence-electron chi connectivity index (χ2n) is 5.60. The van der Waals surface area contributed by atoms with Gasteiger partial charge in [-0.1, -0.05) is 32.6 Å². The van der Waals surface area contributed by atoms with Gasteiger partial charge in [0, 0.05) is 13.1 Å². The summed E-state index contributed by atoms with van der Waals surface area (Å²) in [5, 5.41) is 12.1. The van der Waals surface area contributed by atoms with E-state index in [1.807, 2.05) is 6.92 Å². The van der Waals surface area contributed by atoms with Crippen LogP contribution in [0.1, 0.15) is 58.8 Å². The van der Waals surface area contributed by atoms with Crippen molar-refractivity contribution in [2.75, 3.05) is 13.1 Å². The maximum atomic E-state index is 12.2. The molecule has 0 aromatic rings. The minimum Gasteiger partial charge on any atom is -0.480 e. The highest BCUT2D eigenvalue weighted by atomic mass is 16.4. The zero-order valence-electron chi connectivity index (χ0n) is 12.7. The fraction of sp³-hybridized carbons (Fsp3) is 0.867. The molecule has 0 saturated heterocycles. The Kier molecular flexibility index (Phi) is 7.41. The van der Waals surface area contributed by atoms with Gasteiger partial charge in [-0.15, -0.1) is 0 Å². The number of aliphatic carboxylic acids is 1. The van der Waals surface area contributed by atoms with E-state index in [4.69, 9.17) is 0 Å². The van der Waals surface area contributed by atoms with Crippen molar-refractivity contribution in [3.05, 3.63) is 0 Å². The van der Waals surface area contributed by atoms with Crippen molar-refractivity contribution in [1.82, 2.24) is 10.2 Å². The number of carbonyl (C=O) groups is 2. The van der Waals surface area contributed by atoms with E-state index in [0.717, 1.165) is 38.5 Å². The highest BCUT2D eigenvalue weighted by Crippen LogP contribution is 2.26. The molecule has 0 aromatic carbocycles. The topological polar surface area (TPSA) is 69.6 Å². The van der Waals surface area contributed by atoms with Crippen molar-refractivity contribution in [3.63, 3.8) is 0 Å². The Balaban J connectivity index is 2.59. The molecule has 0 spiro atoms. The lowest BCUT2D eigenvalue weighted by Gasteiger charge is -2.30. The van der Waals surface area contributed by atoms with Gasteiger partial charge in [-0.3, -0.25) is 0 Å². The molecule has 1 rings (SSSR count). The highest BCUT2D eigenvalue weighted by molar-refractivity contribution is 5.82. The van der Waals surface area contributed by atoms with Gasteiger partial charge in [0.1, 0.15) is 6.04 Å². The van der Waals surface area contributed by atoms with Crippen molar-refractivity contribution in [2.24, 2.45) is 5.92 Å². The van der Waals surface area contributed by atoms with Crippen LogP contribution < -0.4 is 5.32 Å². The summed E-state index contributed by atoms with van der Waals surface area (Å²) in [6, 6.07) is -0.975. The maximum Gasteiger partial charge on any atom is 0.326 e. The Hall–Kier alpha value is -1.26. The maximum absolute atomic E-state index is 12.2. The van der Waals surface area contributed by atoms with E-state index < -0.39 is 12.0 Å². The summed E-state index contributed by atoms with van der Waals surface area (Å²) in [6.45, 7) is 5.30. The van der Waals surface area contributed by atoms with Gasteiger partial charge in [-0.05, 0) is 32.1 Å². The Morgan fingerprint density at radius 2 is 1.90 bits per heavy atom. The van der Waals surface area contributed by atoms with Crippen molar-refractivity contribution in [2.45, 2.75) is 64.8 Å². The molecule has 0 aliphatic heterocycles. The molecule has 5 heteroatoms. The lowest BCUT2D eigenvalue weighted by molar-refractivity contribution is -0.141. The highest BCUT2D eigenvalue weighted by Gasteiger charge is 2.31. The van der Waals surface area contributed by atoms with Gasteiger partial charge in [0.05, 0.1) is 0 Å². The Morgan fingerprint density at radius 3 is 2.40 bits per heavy atom. The third-order valence-corrected chi connectivity index (χ3v) is 4.12. The van der Waals surface area contributed by atoms with E-state index in [-0.39, 0.29) is 11.9 Å². The molecule has 5 nitrogen and oxygen atoms in total. The lowest BCUT2D eigenvalue weighted by Crippen LogP contribution is -2.51. The first kappa shape index (κ1) is 16.8. The van der Waals surface area contributed by atoms with Crippen LogP contribution in [0, 0.1) is 5.92 Å². The van der Waals surface area contributed by atoms with Gasteiger partial charge in [-0.2, -0.15) is 0 Å². The SMILES string of the molecule is CCCCN(CC)C(=O)NC(C(=O)O)C1CCCCC1. The molecule has 20 heavy (non-hydrogen) atoms. The minimum absolute atomic E-state index is 0.0788. The Bertz CT molecular complexity index is 314. The number of unbranched alkanes of at least 4 members (excludes halogenated alkanes) is 1. The van der Waals surface area contributed by atoms with Gasteiger partial charge in [0.25, 0.3) is 0 Å². The summed E-state index contributed by atoms with van der Waals surface area (Å²) in [4.78, 5) is 25.3. The van der Waals surface area contributed by atoms with E-state index in [1.165, 1.54) is 6.42 Å². The summed E-state index contributed by atoms with van der Waals surface area (Å²) in [5.41, 5.74) is 0. The lowest BCUT2D eigenvalue weighted by atomic mass is 9.84. The number of urea groups is 1. The van der Waals surface area contributed by atoms with Crippen molar-refractivity contribution in [3.8, 4) is 0 Å². The number of nitrogens with one attached hydrogen (secondary N) is 1. The summed E-state index contributed by atoms with van der Waals surface area (Å²) in [5.74, 6) is -0.827. The molecule has 2 N–H and O–H groups in total. The molecule has 1 unspecified atom stereocenters. The number of amides is 2. The predicted molar refractivity (Wildman–Crippen MR) is 78.7 cm³/mol. The molecule has 1 aliphatic rings. The van der Waals surface area contributed by atoms with Crippen molar-refractivity contribution < 1.29 is 14.7 Å². The second kappa shape index (κ2) is 8.82. The van der Waals surface area contributed by atoms with Crippen molar-refractivity contribution in [1.29, 1.82) is 0 Å². The molecule has 116 valence electrons. The van der Waals surface area contributed by atoms with Gasteiger partial charge in [-0.25, -0.2) is 9.59 Å². The van der Waals surface area contributed by atoms with Gasteiger partial charge in [0.15, 0.2) is 0 Å². The molecular formula is C15H28N2O3. The average molecular weight is 284 g/mol. The Labute approximate surface area is 121 Å². The number of hydrogen-bond donors (Lipinski definition) is 2. The first-order chi connectivity index (χ1) is 9.60. The number of carboxylic acids is 1. The largest absolute Gasteiger partial charge is 0.480 e.